The molecule has 1 atom stereocenters. The van der Waals surface area contributed by atoms with E-state index in [0.717, 1.165) is 17.7 Å². The van der Waals surface area contributed by atoms with Crippen molar-refractivity contribution in [2.24, 2.45) is 0 Å². The number of benzene rings is 1. The first-order valence-corrected chi connectivity index (χ1v) is 7.60. The number of hydrogen-bond donors (Lipinski definition) is 1. The summed E-state index contributed by atoms with van der Waals surface area (Å²) in [7, 11) is 2.04. The minimum Gasteiger partial charge on any atom is -0.370 e. The quantitative estimate of drug-likeness (QED) is 0.854. The topological polar surface area (TPSA) is 45.2 Å². The zero-order valence-electron chi connectivity index (χ0n) is 13.2. The second-order valence-electron chi connectivity index (χ2n) is 5.46. The van der Waals surface area contributed by atoms with E-state index >= 15 is 0 Å². The van der Waals surface area contributed by atoms with Gasteiger partial charge in [-0.25, -0.2) is 0 Å². The van der Waals surface area contributed by atoms with Crippen LogP contribution in [0.15, 0.2) is 54.9 Å². The summed E-state index contributed by atoms with van der Waals surface area (Å²) in [6.45, 7) is 2.74. The number of aromatic nitrogens is 1. The molecule has 0 radical (unpaired) electrons. The maximum atomic E-state index is 11.9. The Morgan fingerprint density at radius 3 is 2.68 bits per heavy atom. The maximum Gasteiger partial charge on any atom is 0.220 e. The molecule has 0 saturated carbocycles. The third kappa shape index (κ3) is 4.88. The largest absolute Gasteiger partial charge is 0.370 e. The summed E-state index contributed by atoms with van der Waals surface area (Å²) in [6, 6.07) is 14.3. The smallest absolute Gasteiger partial charge is 0.220 e. The fraction of sp³-hybridized carbons (Fsp3) is 0.333. The number of anilines is 1. The number of rotatable bonds is 7. The van der Waals surface area contributed by atoms with Crippen molar-refractivity contribution >= 4 is 11.6 Å². The first-order chi connectivity index (χ1) is 10.7. The van der Waals surface area contributed by atoms with Crippen LogP contribution in [0.4, 0.5) is 5.69 Å². The number of carbonyl (C=O) groups is 1. The lowest BCUT2D eigenvalue weighted by Crippen LogP contribution is -2.40. The molecule has 22 heavy (non-hydrogen) atoms. The summed E-state index contributed by atoms with van der Waals surface area (Å²) < 4.78 is 0. The third-order valence-electron chi connectivity index (χ3n) is 3.78. The van der Waals surface area contributed by atoms with Gasteiger partial charge in [0, 0.05) is 44.1 Å². The number of aryl methyl sites for hydroxylation is 1. The number of amides is 1. The van der Waals surface area contributed by atoms with E-state index in [-0.39, 0.29) is 11.9 Å². The van der Waals surface area contributed by atoms with Gasteiger partial charge < -0.3 is 10.2 Å². The van der Waals surface area contributed by atoms with Crippen molar-refractivity contribution in [1.29, 1.82) is 0 Å². The molecule has 1 amide bonds. The molecule has 0 aliphatic rings. The Morgan fingerprint density at radius 1 is 1.23 bits per heavy atom. The Bertz CT molecular complexity index is 571. The number of carbonyl (C=O) groups excluding carboxylic acids is 1. The Kier molecular flexibility index (Phi) is 5.95. The summed E-state index contributed by atoms with van der Waals surface area (Å²) in [5, 5.41) is 3.00. The molecule has 1 aromatic carbocycles. The molecule has 0 fully saturated rings. The molecule has 2 aromatic rings. The van der Waals surface area contributed by atoms with Crippen LogP contribution in [0.2, 0.25) is 0 Å². The molecule has 4 heteroatoms. The van der Waals surface area contributed by atoms with Crippen molar-refractivity contribution in [3.05, 3.63) is 60.4 Å². The zero-order chi connectivity index (χ0) is 15.8. The number of para-hydroxylation sites is 1. The number of pyridine rings is 1. The van der Waals surface area contributed by atoms with Crippen LogP contribution in [0, 0.1) is 0 Å². The van der Waals surface area contributed by atoms with E-state index in [9.17, 15) is 4.79 Å². The third-order valence-corrected chi connectivity index (χ3v) is 3.78. The lowest BCUT2D eigenvalue weighted by atomic mass is 10.1. The van der Waals surface area contributed by atoms with Gasteiger partial charge in [-0.05, 0) is 37.1 Å². The molecule has 116 valence electrons. The van der Waals surface area contributed by atoms with Gasteiger partial charge in [-0.15, -0.1) is 0 Å². The molecule has 0 aliphatic heterocycles. The van der Waals surface area contributed by atoms with Gasteiger partial charge in [0.2, 0.25) is 5.91 Å². The standard InChI is InChI=1S/C18H23N3O/c1-15(21(2)17-8-4-3-5-9-17)13-20-18(22)11-10-16-7-6-12-19-14-16/h3-9,12,14-15H,10-11,13H2,1-2H3,(H,20,22)/t15-/m1/s1. The normalized spacial score (nSPS) is 11.7. The maximum absolute atomic E-state index is 11.9. The zero-order valence-corrected chi connectivity index (χ0v) is 13.2. The molecule has 0 spiro atoms. The average molecular weight is 297 g/mol. The number of nitrogens with zero attached hydrogens (tertiary/aromatic N) is 2. The van der Waals surface area contributed by atoms with Crippen molar-refractivity contribution in [2.75, 3.05) is 18.5 Å². The minimum absolute atomic E-state index is 0.0807. The van der Waals surface area contributed by atoms with E-state index < -0.39 is 0 Å². The highest BCUT2D eigenvalue weighted by atomic mass is 16.1. The fourth-order valence-electron chi connectivity index (χ4n) is 2.21. The average Bonchev–Trinajstić information content (AvgIpc) is 2.58. The Balaban J connectivity index is 1.74. The van der Waals surface area contributed by atoms with E-state index in [1.54, 1.807) is 12.4 Å². The summed E-state index contributed by atoms with van der Waals surface area (Å²) in [5.74, 6) is 0.0807. The van der Waals surface area contributed by atoms with Gasteiger partial charge in [0.1, 0.15) is 0 Å². The Hall–Kier alpha value is -2.36. The SMILES string of the molecule is C[C@H](CNC(=O)CCc1cccnc1)N(C)c1ccccc1. The van der Waals surface area contributed by atoms with Gasteiger partial charge in [0.25, 0.3) is 0 Å². The molecule has 2 rings (SSSR count). The van der Waals surface area contributed by atoms with Crippen LogP contribution in [-0.2, 0) is 11.2 Å². The first-order valence-electron chi connectivity index (χ1n) is 7.60. The number of hydrogen-bond acceptors (Lipinski definition) is 3. The fourth-order valence-corrected chi connectivity index (χ4v) is 2.21. The second kappa shape index (κ2) is 8.17. The number of likely N-dealkylation sites (N-methyl/N-ethyl adjacent to an activating group) is 1. The molecule has 1 N–H and O–H groups in total. The van der Waals surface area contributed by atoms with Crippen molar-refractivity contribution in [1.82, 2.24) is 10.3 Å². The Morgan fingerprint density at radius 2 is 2.00 bits per heavy atom. The van der Waals surface area contributed by atoms with Gasteiger partial charge in [0.15, 0.2) is 0 Å². The second-order valence-corrected chi connectivity index (χ2v) is 5.46. The predicted molar refractivity (Wildman–Crippen MR) is 89.9 cm³/mol. The van der Waals surface area contributed by atoms with Crippen LogP contribution in [0.1, 0.15) is 18.9 Å². The van der Waals surface area contributed by atoms with Crippen LogP contribution in [-0.4, -0.2) is 30.5 Å². The lowest BCUT2D eigenvalue weighted by molar-refractivity contribution is -0.121. The summed E-state index contributed by atoms with van der Waals surface area (Å²) >= 11 is 0. The number of nitrogens with one attached hydrogen (secondary N) is 1. The highest BCUT2D eigenvalue weighted by Gasteiger charge is 2.11. The first kappa shape index (κ1) is 16.0. The van der Waals surface area contributed by atoms with Gasteiger partial charge in [0.05, 0.1) is 0 Å². The van der Waals surface area contributed by atoms with Gasteiger partial charge in [-0.3, -0.25) is 9.78 Å². The molecule has 0 aliphatic carbocycles. The van der Waals surface area contributed by atoms with Crippen LogP contribution in [0.25, 0.3) is 0 Å². The lowest BCUT2D eigenvalue weighted by Gasteiger charge is -2.27. The highest BCUT2D eigenvalue weighted by Crippen LogP contribution is 2.13. The van der Waals surface area contributed by atoms with E-state index in [4.69, 9.17) is 0 Å². The van der Waals surface area contributed by atoms with E-state index in [2.05, 4.69) is 34.3 Å². The summed E-state index contributed by atoms with van der Waals surface area (Å²) in [4.78, 5) is 18.2. The highest BCUT2D eigenvalue weighted by molar-refractivity contribution is 5.76. The molecular weight excluding hydrogens is 274 g/mol. The van der Waals surface area contributed by atoms with Crippen LogP contribution >= 0.6 is 0 Å². The van der Waals surface area contributed by atoms with Crippen LogP contribution < -0.4 is 10.2 Å². The molecule has 1 heterocycles. The monoisotopic (exact) mass is 297 g/mol. The van der Waals surface area contributed by atoms with Crippen molar-refractivity contribution < 1.29 is 4.79 Å². The van der Waals surface area contributed by atoms with Crippen molar-refractivity contribution in [2.45, 2.75) is 25.8 Å². The van der Waals surface area contributed by atoms with Gasteiger partial charge >= 0.3 is 0 Å². The molecule has 1 aromatic heterocycles. The minimum atomic E-state index is 0.0807. The van der Waals surface area contributed by atoms with Gasteiger partial charge in [-0.1, -0.05) is 24.3 Å². The summed E-state index contributed by atoms with van der Waals surface area (Å²) in [6.07, 6.45) is 4.76. The Labute approximate surface area is 132 Å². The molecule has 0 bridgehead atoms. The van der Waals surface area contributed by atoms with E-state index in [1.807, 2.05) is 37.4 Å². The summed E-state index contributed by atoms with van der Waals surface area (Å²) in [5.41, 5.74) is 2.24. The molecule has 0 saturated heterocycles. The molecular formula is C18H23N3O. The van der Waals surface area contributed by atoms with Crippen molar-refractivity contribution in [3.63, 3.8) is 0 Å². The van der Waals surface area contributed by atoms with Crippen LogP contribution in [0.3, 0.4) is 0 Å². The predicted octanol–water partition coefficient (Wildman–Crippen LogP) is 2.66. The van der Waals surface area contributed by atoms with Gasteiger partial charge in [-0.2, -0.15) is 0 Å². The van der Waals surface area contributed by atoms with Crippen LogP contribution in [0.5, 0.6) is 0 Å². The van der Waals surface area contributed by atoms with E-state index in [1.165, 1.54) is 0 Å². The van der Waals surface area contributed by atoms with Crippen molar-refractivity contribution in [3.8, 4) is 0 Å². The molecule has 0 unspecified atom stereocenters. The van der Waals surface area contributed by atoms with E-state index in [0.29, 0.717) is 13.0 Å². The molecule has 4 nitrogen and oxygen atoms in total.